The standard InChI is InChI=1S/C10H18N2O4/c1-10(2,9(15)16)8(14)11-6-5-7(13)12(3)4/h5-6H2,1-4H3,(H,11,14)(H,15,16). The molecule has 0 aliphatic carbocycles. The molecule has 0 atom stereocenters. The highest BCUT2D eigenvalue weighted by atomic mass is 16.4. The Morgan fingerprint density at radius 2 is 1.75 bits per heavy atom. The van der Waals surface area contributed by atoms with E-state index in [-0.39, 0.29) is 18.9 Å². The first kappa shape index (κ1) is 14.4. The van der Waals surface area contributed by atoms with E-state index in [2.05, 4.69) is 5.32 Å². The van der Waals surface area contributed by atoms with Crippen LogP contribution in [-0.2, 0) is 14.4 Å². The third-order valence-corrected chi connectivity index (χ3v) is 2.23. The summed E-state index contributed by atoms with van der Waals surface area (Å²) in [6, 6.07) is 0. The number of hydrogen-bond acceptors (Lipinski definition) is 3. The molecule has 0 spiro atoms. The molecule has 0 heterocycles. The summed E-state index contributed by atoms with van der Waals surface area (Å²) in [7, 11) is 3.23. The van der Waals surface area contributed by atoms with E-state index in [1.165, 1.54) is 18.7 Å². The lowest BCUT2D eigenvalue weighted by molar-refractivity contribution is -0.153. The zero-order chi connectivity index (χ0) is 12.9. The zero-order valence-electron chi connectivity index (χ0n) is 10.0. The van der Waals surface area contributed by atoms with E-state index in [4.69, 9.17) is 5.11 Å². The van der Waals surface area contributed by atoms with Crippen LogP contribution in [0.25, 0.3) is 0 Å². The molecule has 6 heteroatoms. The fourth-order valence-corrected chi connectivity index (χ4v) is 0.825. The van der Waals surface area contributed by atoms with Crippen LogP contribution >= 0.6 is 0 Å². The topological polar surface area (TPSA) is 86.7 Å². The first-order chi connectivity index (χ1) is 7.19. The van der Waals surface area contributed by atoms with E-state index in [1.54, 1.807) is 14.1 Å². The Bertz CT molecular complexity index is 297. The van der Waals surface area contributed by atoms with Crippen molar-refractivity contribution in [3.05, 3.63) is 0 Å². The Hall–Kier alpha value is -1.59. The van der Waals surface area contributed by atoms with E-state index < -0.39 is 17.3 Å². The molecule has 0 saturated carbocycles. The summed E-state index contributed by atoms with van der Waals surface area (Å²) in [5.74, 6) is -1.90. The Balaban J connectivity index is 4.10. The lowest BCUT2D eigenvalue weighted by Crippen LogP contribution is -2.43. The van der Waals surface area contributed by atoms with E-state index in [1.807, 2.05) is 0 Å². The van der Waals surface area contributed by atoms with Crippen LogP contribution in [-0.4, -0.2) is 48.4 Å². The summed E-state index contributed by atoms with van der Waals surface area (Å²) in [6.07, 6.45) is 0.161. The second kappa shape index (κ2) is 5.48. The van der Waals surface area contributed by atoms with Gasteiger partial charge in [0.2, 0.25) is 11.8 Å². The van der Waals surface area contributed by atoms with Crippen LogP contribution in [0, 0.1) is 5.41 Å². The van der Waals surface area contributed by atoms with Gasteiger partial charge in [-0.2, -0.15) is 0 Å². The van der Waals surface area contributed by atoms with Gasteiger partial charge in [-0.25, -0.2) is 0 Å². The van der Waals surface area contributed by atoms with Crippen molar-refractivity contribution in [1.82, 2.24) is 10.2 Å². The van der Waals surface area contributed by atoms with Gasteiger partial charge >= 0.3 is 5.97 Å². The summed E-state index contributed by atoms with van der Waals surface area (Å²) >= 11 is 0. The first-order valence-corrected chi connectivity index (χ1v) is 4.91. The highest BCUT2D eigenvalue weighted by Gasteiger charge is 2.35. The molecule has 0 aliphatic heterocycles. The molecule has 6 nitrogen and oxygen atoms in total. The Morgan fingerprint density at radius 1 is 1.25 bits per heavy atom. The number of carboxylic acids is 1. The molecule has 0 aliphatic rings. The molecule has 0 rings (SSSR count). The lowest BCUT2D eigenvalue weighted by Gasteiger charge is -2.18. The molecular weight excluding hydrogens is 212 g/mol. The number of amides is 2. The maximum atomic E-state index is 11.4. The number of carboxylic acid groups (broad SMARTS) is 1. The number of aliphatic carboxylic acids is 1. The normalized spacial score (nSPS) is 10.8. The summed E-state index contributed by atoms with van der Waals surface area (Å²) in [6.45, 7) is 2.78. The number of carbonyl (C=O) groups is 3. The van der Waals surface area contributed by atoms with Crippen LogP contribution in [0.3, 0.4) is 0 Å². The molecule has 0 unspecified atom stereocenters. The molecule has 0 bridgehead atoms. The number of nitrogens with zero attached hydrogens (tertiary/aromatic N) is 1. The smallest absolute Gasteiger partial charge is 0.318 e. The summed E-state index contributed by atoms with van der Waals surface area (Å²) in [5.41, 5.74) is -1.47. The Labute approximate surface area is 94.6 Å². The molecule has 0 saturated heterocycles. The minimum atomic E-state index is -1.47. The third-order valence-electron chi connectivity index (χ3n) is 2.23. The van der Waals surface area contributed by atoms with Gasteiger partial charge in [0.15, 0.2) is 0 Å². The van der Waals surface area contributed by atoms with Crippen molar-refractivity contribution in [1.29, 1.82) is 0 Å². The number of nitrogens with one attached hydrogen (secondary N) is 1. The Morgan fingerprint density at radius 3 is 2.12 bits per heavy atom. The number of hydrogen-bond donors (Lipinski definition) is 2. The van der Waals surface area contributed by atoms with Gasteiger partial charge in [0.05, 0.1) is 0 Å². The molecule has 0 fully saturated rings. The molecule has 0 radical (unpaired) electrons. The van der Waals surface area contributed by atoms with Crippen molar-refractivity contribution in [2.24, 2.45) is 5.41 Å². The van der Waals surface area contributed by atoms with Crippen LogP contribution in [0.15, 0.2) is 0 Å². The lowest BCUT2D eigenvalue weighted by atomic mass is 9.93. The zero-order valence-corrected chi connectivity index (χ0v) is 10.0. The van der Waals surface area contributed by atoms with Crippen molar-refractivity contribution < 1.29 is 19.5 Å². The average Bonchev–Trinajstić information content (AvgIpc) is 2.16. The quantitative estimate of drug-likeness (QED) is 0.634. The van der Waals surface area contributed by atoms with Gasteiger partial charge in [-0.15, -0.1) is 0 Å². The van der Waals surface area contributed by atoms with Crippen LogP contribution < -0.4 is 5.32 Å². The van der Waals surface area contributed by atoms with Crippen molar-refractivity contribution in [2.45, 2.75) is 20.3 Å². The monoisotopic (exact) mass is 230 g/mol. The second-order valence-corrected chi connectivity index (χ2v) is 4.22. The van der Waals surface area contributed by atoms with Crippen molar-refractivity contribution in [3.63, 3.8) is 0 Å². The molecule has 0 aromatic heterocycles. The van der Waals surface area contributed by atoms with Gasteiger partial charge in [0.25, 0.3) is 0 Å². The van der Waals surface area contributed by atoms with Gasteiger partial charge in [0.1, 0.15) is 5.41 Å². The van der Waals surface area contributed by atoms with Gasteiger partial charge < -0.3 is 15.3 Å². The van der Waals surface area contributed by atoms with Crippen LogP contribution in [0.1, 0.15) is 20.3 Å². The molecule has 2 N–H and O–H groups in total. The van der Waals surface area contributed by atoms with E-state index >= 15 is 0 Å². The highest BCUT2D eigenvalue weighted by molar-refractivity contribution is 6.01. The maximum absolute atomic E-state index is 11.4. The van der Waals surface area contributed by atoms with Crippen molar-refractivity contribution >= 4 is 17.8 Å². The minimum absolute atomic E-state index is 0.117. The summed E-state index contributed by atoms with van der Waals surface area (Å²) in [4.78, 5) is 34.7. The van der Waals surface area contributed by atoms with Crippen LogP contribution in [0.4, 0.5) is 0 Å². The molecule has 2 amide bonds. The van der Waals surface area contributed by atoms with E-state index in [9.17, 15) is 14.4 Å². The van der Waals surface area contributed by atoms with Crippen LogP contribution in [0.5, 0.6) is 0 Å². The SMILES string of the molecule is CN(C)C(=O)CCNC(=O)C(C)(C)C(=O)O. The Kier molecular flexibility index (Phi) is 4.94. The predicted octanol–water partition coefficient (Wildman–Crippen LogP) is -0.308. The second-order valence-electron chi connectivity index (χ2n) is 4.22. The largest absolute Gasteiger partial charge is 0.480 e. The fourth-order valence-electron chi connectivity index (χ4n) is 0.825. The highest BCUT2D eigenvalue weighted by Crippen LogP contribution is 2.14. The minimum Gasteiger partial charge on any atom is -0.480 e. The van der Waals surface area contributed by atoms with Gasteiger partial charge in [0, 0.05) is 27.1 Å². The summed E-state index contributed by atoms with van der Waals surface area (Å²) < 4.78 is 0. The van der Waals surface area contributed by atoms with Gasteiger partial charge in [-0.1, -0.05) is 0 Å². The summed E-state index contributed by atoms with van der Waals surface area (Å²) in [5, 5.41) is 11.2. The van der Waals surface area contributed by atoms with Crippen LogP contribution in [0.2, 0.25) is 0 Å². The molecule has 92 valence electrons. The van der Waals surface area contributed by atoms with E-state index in [0.29, 0.717) is 0 Å². The van der Waals surface area contributed by atoms with Gasteiger partial charge in [-0.05, 0) is 13.8 Å². The molecule has 16 heavy (non-hydrogen) atoms. The molecule has 0 aromatic rings. The van der Waals surface area contributed by atoms with Crippen molar-refractivity contribution in [2.75, 3.05) is 20.6 Å². The number of carbonyl (C=O) groups excluding carboxylic acids is 2. The number of rotatable bonds is 5. The fraction of sp³-hybridized carbons (Fsp3) is 0.700. The molecule has 0 aromatic carbocycles. The first-order valence-electron chi connectivity index (χ1n) is 4.91. The molecular formula is C10H18N2O4. The third kappa shape index (κ3) is 3.88. The maximum Gasteiger partial charge on any atom is 0.318 e. The van der Waals surface area contributed by atoms with Crippen molar-refractivity contribution in [3.8, 4) is 0 Å². The van der Waals surface area contributed by atoms with Gasteiger partial charge in [-0.3, -0.25) is 14.4 Å². The predicted molar refractivity (Wildman–Crippen MR) is 57.7 cm³/mol. The average molecular weight is 230 g/mol. The van der Waals surface area contributed by atoms with E-state index in [0.717, 1.165) is 0 Å².